The number of nitrogen functional groups attached to an aromatic ring is 1. The van der Waals surface area contributed by atoms with E-state index < -0.39 is 5.97 Å². The Hall–Kier alpha value is -2.89. The van der Waals surface area contributed by atoms with Crippen LogP contribution in [0.2, 0.25) is 0 Å². The van der Waals surface area contributed by atoms with Crippen molar-refractivity contribution in [3.63, 3.8) is 0 Å². The highest BCUT2D eigenvalue weighted by molar-refractivity contribution is 5.94. The Morgan fingerprint density at radius 2 is 1.90 bits per heavy atom. The summed E-state index contributed by atoms with van der Waals surface area (Å²) in [5.41, 5.74) is 7.39. The second-order valence-electron chi connectivity index (χ2n) is 4.23. The zero-order valence-corrected chi connectivity index (χ0v) is 10.5. The van der Waals surface area contributed by atoms with E-state index >= 15 is 0 Å². The zero-order chi connectivity index (χ0) is 14.5. The molecule has 0 fully saturated rings. The average molecular weight is 271 g/mol. The fourth-order valence-electron chi connectivity index (χ4n) is 1.65. The maximum Gasteiger partial charge on any atom is 0.337 e. The molecule has 102 valence electrons. The molecule has 2 aromatic rings. The standard InChI is InChI=1S/C14H13N3O3/c15-11-3-1-9(2-4-11)5-13(18)17-12-6-10(14(19)20)7-16-8-12/h1-4,6-8H,5,15H2,(H,17,18)(H,19,20). The number of amides is 1. The van der Waals surface area contributed by atoms with Gasteiger partial charge < -0.3 is 16.2 Å². The molecule has 1 aromatic heterocycles. The summed E-state index contributed by atoms with van der Waals surface area (Å²) in [5, 5.41) is 11.4. The molecule has 1 aromatic carbocycles. The summed E-state index contributed by atoms with van der Waals surface area (Å²) in [7, 11) is 0. The number of hydrogen-bond donors (Lipinski definition) is 3. The number of pyridine rings is 1. The number of carboxylic acids is 1. The van der Waals surface area contributed by atoms with Gasteiger partial charge in [0.15, 0.2) is 0 Å². The van der Waals surface area contributed by atoms with E-state index in [0.717, 1.165) is 5.56 Å². The van der Waals surface area contributed by atoms with Gasteiger partial charge in [-0.2, -0.15) is 0 Å². The summed E-state index contributed by atoms with van der Waals surface area (Å²) < 4.78 is 0. The number of carbonyl (C=O) groups is 2. The first-order valence-corrected chi connectivity index (χ1v) is 5.87. The van der Waals surface area contributed by atoms with Crippen LogP contribution in [0.1, 0.15) is 15.9 Å². The number of aromatic carboxylic acids is 1. The Bertz CT molecular complexity index is 638. The maximum atomic E-state index is 11.8. The van der Waals surface area contributed by atoms with Crippen molar-refractivity contribution in [2.45, 2.75) is 6.42 Å². The van der Waals surface area contributed by atoms with Crippen LogP contribution in [0.4, 0.5) is 11.4 Å². The predicted molar refractivity (Wildman–Crippen MR) is 74.4 cm³/mol. The number of hydrogen-bond acceptors (Lipinski definition) is 4. The van der Waals surface area contributed by atoms with Crippen molar-refractivity contribution in [3.05, 3.63) is 53.9 Å². The van der Waals surface area contributed by atoms with E-state index in [9.17, 15) is 9.59 Å². The highest BCUT2D eigenvalue weighted by Crippen LogP contribution is 2.10. The molecule has 0 unspecified atom stereocenters. The minimum Gasteiger partial charge on any atom is -0.478 e. The van der Waals surface area contributed by atoms with E-state index in [-0.39, 0.29) is 17.9 Å². The third-order valence-corrected chi connectivity index (χ3v) is 2.61. The Balaban J connectivity index is 2.02. The molecule has 0 atom stereocenters. The second kappa shape index (κ2) is 5.83. The molecule has 1 heterocycles. The van der Waals surface area contributed by atoms with Gasteiger partial charge in [-0.1, -0.05) is 12.1 Å². The van der Waals surface area contributed by atoms with Crippen LogP contribution < -0.4 is 11.1 Å². The SMILES string of the molecule is Nc1ccc(CC(=O)Nc2cncc(C(=O)O)c2)cc1. The number of carboxylic acid groups (broad SMARTS) is 1. The first kappa shape index (κ1) is 13.5. The molecule has 4 N–H and O–H groups in total. The van der Waals surface area contributed by atoms with Gasteiger partial charge in [0.05, 0.1) is 23.9 Å². The maximum absolute atomic E-state index is 11.8. The van der Waals surface area contributed by atoms with Gasteiger partial charge >= 0.3 is 5.97 Å². The molecule has 6 nitrogen and oxygen atoms in total. The van der Waals surface area contributed by atoms with E-state index in [1.165, 1.54) is 18.5 Å². The molecule has 0 bridgehead atoms. The molecule has 0 radical (unpaired) electrons. The lowest BCUT2D eigenvalue weighted by molar-refractivity contribution is -0.115. The number of aromatic nitrogens is 1. The summed E-state index contributed by atoms with van der Waals surface area (Å²) in [4.78, 5) is 26.4. The van der Waals surface area contributed by atoms with E-state index in [2.05, 4.69) is 10.3 Å². The molecule has 6 heteroatoms. The van der Waals surface area contributed by atoms with Crippen LogP contribution in [-0.4, -0.2) is 22.0 Å². The van der Waals surface area contributed by atoms with Gasteiger partial charge in [-0.25, -0.2) is 4.79 Å². The number of anilines is 2. The van der Waals surface area contributed by atoms with Gasteiger partial charge in [0.25, 0.3) is 0 Å². The molecule has 20 heavy (non-hydrogen) atoms. The Morgan fingerprint density at radius 3 is 2.55 bits per heavy atom. The molecule has 0 aliphatic heterocycles. The fourth-order valence-corrected chi connectivity index (χ4v) is 1.65. The van der Waals surface area contributed by atoms with Crippen LogP contribution >= 0.6 is 0 Å². The second-order valence-corrected chi connectivity index (χ2v) is 4.23. The van der Waals surface area contributed by atoms with Crippen LogP contribution in [-0.2, 0) is 11.2 Å². The molecule has 0 aliphatic rings. The zero-order valence-electron chi connectivity index (χ0n) is 10.5. The lowest BCUT2D eigenvalue weighted by Crippen LogP contribution is -2.15. The summed E-state index contributed by atoms with van der Waals surface area (Å²) in [6, 6.07) is 8.32. The van der Waals surface area contributed by atoms with Crippen molar-refractivity contribution >= 4 is 23.3 Å². The van der Waals surface area contributed by atoms with Crippen LogP contribution in [0.3, 0.4) is 0 Å². The highest BCUT2D eigenvalue weighted by Gasteiger charge is 2.07. The number of rotatable bonds is 4. The molecule has 0 saturated carbocycles. The van der Waals surface area contributed by atoms with Crippen LogP contribution in [0.15, 0.2) is 42.7 Å². The Labute approximate surface area is 115 Å². The number of carbonyl (C=O) groups excluding carboxylic acids is 1. The van der Waals surface area contributed by atoms with Crippen molar-refractivity contribution in [2.24, 2.45) is 0 Å². The van der Waals surface area contributed by atoms with Crippen molar-refractivity contribution in [3.8, 4) is 0 Å². The molecular formula is C14H13N3O3. The van der Waals surface area contributed by atoms with Gasteiger partial charge in [0.1, 0.15) is 0 Å². The van der Waals surface area contributed by atoms with Crippen LogP contribution in [0.5, 0.6) is 0 Å². The predicted octanol–water partition coefficient (Wildman–Crippen LogP) is 1.54. The first-order valence-electron chi connectivity index (χ1n) is 5.87. The van der Waals surface area contributed by atoms with Gasteiger partial charge in [-0.3, -0.25) is 9.78 Å². The third kappa shape index (κ3) is 3.55. The van der Waals surface area contributed by atoms with Gasteiger partial charge in [0.2, 0.25) is 5.91 Å². The molecule has 1 amide bonds. The number of nitrogens with one attached hydrogen (secondary N) is 1. The number of nitrogens with two attached hydrogens (primary N) is 1. The summed E-state index contributed by atoms with van der Waals surface area (Å²) in [6.07, 6.45) is 2.79. The summed E-state index contributed by atoms with van der Waals surface area (Å²) in [6.45, 7) is 0. The van der Waals surface area contributed by atoms with E-state index in [1.54, 1.807) is 24.3 Å². The van der Waals surface area contributed by atoms with Gasteiger partial charge in [-0.05, 0) is 23.8 Å². The average Bonchev–Trinajstić information content (AvgIpc) is 2.41. The lowest BCUT2D eigenvalue weighted by atomic mass is 10.1. The molecule has 0 spiro atoms. The highest BCUT2D eigenvalue weighted by atomic mass is 16.4. The molecule has 0 aliphatic carbocycles. The third-order valence-electron chi connectivity index (χ3n) is 2.61. The number of benzene rings is 1. The summed E-state index contributed by atoms with van der Waals surface area (Å²) in [5.74, 6) is -1.34. The monoisotopic (exact) mass is 271 g/mol. The smallest absolute Gasteiger partial charge is 0.337 e. The first-order chi connectivity index (χ1) is 9.54. The molecule has 2 rings (SSSR count). The minimum atomic E-state index is -1.09. The van der Waals surface area contributed by atoms with Gasteiger partial charge in [0, 0.05) is 11.9 Å². The van der Waals surface area contributed by atoms with Crippen molar-refractivity contribution in [1.82, 2.24) is 4.98 Å². The largest absolute Gasteiger partial charge is 0.478 e. The fraction of sp³-hybridized carbons (Fsp3) is 0.0714. The van der Waals surface area contributed by atoms with E-state index in [1.807, 2.05) is 0 Å². The van der Waals surface area contributed by atoms with Crippen molar-refractivity contribution in [1.29, 1.82) is 0 Å². The van der Waals surface area contributed by atoms with Crippen molar-refractivity contribution in [2.75, 3.05) is 11.1 Å². The topological polar surface area (TPSA) is 105 Å². The molecular weight excluding hydrogens is 258 g/mol. The lowest BCUT2D eigenvalue weighted by Gasteiger charge is -2.06. The van der Waals surface area contributed by atoms with Crippen LogP contribution in [0, 0.1) is 0 Å². The minimum absolute atomic E-state index is 0.0234. The Morgan fingerprint density at radius 1 is 1.20 bits per heavy atom. The van der Waals surface area contributed by atoms with E-state index in [4.69, 9.17) is 10.8 Å². The van der Waals surface area contributed by atoms with Gasteiger partial charge in [-0.15, -0.1) is 0 Å². The van der Waals surface area contributed by atoms with Crippen LogP contribution in [0.25, 0.3) is 0 Å². The van der Waals surface area contributed by atoms with E-state index in [0.29, 0.717) is 11.4 Å². The quantitative estimate of drug-likeness (QED) is 0.731. The number of nitrogens with zero attached hydrogens (tertiary/aromatic N) is 1. The molecule has 0 saturated heterocycles. The Kier molecular flexibility index (Phi) is 3.95. The normalized spacial score (nSPS) is 10.0. The van der Waals surface area contributed by atoms with Crippen molar-refractivity contribution < 1.29 is 14.7 Å². The summed E-state index contributed by atoms with van der Waals surface area (Å²) >= 11 is 0.